The summed E-state index contributed by atoms with van der Waals surface area (Å²) in [6.07, 6.45) is 15.9. The Hall–Kier alpha value is 0.440. The van der Waals surface area contributed by atoms with E-state index in [0.717, 1.165) is 6.04 Å². The first-order valence-electron chi connectivity index (χ1n) is 8.60. The molecule has 0 N–H and O–H groups in total. The summed E-state index contributed by atoms with van der Waals surface area (Å²) in [5.74, 6) is 0. The SMILES string of the molecule is CCC1CCCCCN1CC1(CBr)CCCCCC1. The summed E-state index contributed by atoms with van der Waals surface area (Å²) in [6, 6.07) is 0.863. The van der Waals surface area contributed by atoms with Crippen molar-refractivity contribution in [1.82, 2.24) is 4.90 Å². The normalized spacial score (nSPS) is 29.7. The van der Waals surface area contributed by atoms with Crippen LogP contribution in [-0.4, -0.2) is 29.4 Å². The van der Waals surface area contributed by atoms with Gasteiger partial charge in [-0.05, 0) is 44.1 Å². The van der Waals surface area contributed by atoms with Crippen molar-refractivity contribution in [2.24, 2.45) is 5.41 Å². The topological polar surface area (TPSA) is 3.24 Å². The summed E-state index contributed by atoms with van der Waals surface area (Å²) in [5, 5.41) is 1.22. The van der Waals surface area contributed by atoms with Crippen LogP contribution in [0.3, 0.4) is 0 Å². The summed E-state index contributed by atoms with van der Waals surface area (Å²) in [6.45, 7) is 5.10. The van der Waals surface area contributed by atoms with Crippen molar-refractivity contribution < 1.29 is 0 Å². The molecule has 0 spiro atoms. The third-order valence-corrected chi connectivity index (χ3v) is 6.65. The molecule has 1 unspecified atom stereocenters. The van der Waals surface area contributed by atoms with E-state index in [1.165, 1.54) is 89.0 Å². The number of alkyl halides is 1. The summed E-state index contributed by atoms with van der Waals surface area (Å²) < 4.78 is 0. The molecule has 1 saturated carbocycles. The van der Waals surface area contributed by atoms with Gasteiger partial charge in [0.1, 0.15) is 0 Å². The van der Waals surface area contributed by atoms with Crippen LogP contribution in [0, 0.1) is 5.41 Å². The van der Waals surface area contributed by atoms with Gasteiger partial charge in [-0.25, -0.2) is 0 Å². The number of likely N-dealkylation sites (tertiary alicyclic amines) is 1. The highest BCUT2D eigenvalue weighted by molar-refractivity contribution is 9.09. The van der Waals surface area contributed by atoms with Crippen LogP contribution in [0.5, 0.6) is 0 Å². The van der Waals surface area contributed by atoms with E-state index in [4.69, 9.17) is 0 Å². The van der Waals surface area contributed by atoms with Crippen LogP contribution >= 0.6 is 15.9 Å². The molecule has 112 valence electrons. The monoisotopic (exact) mass is 329 g/mol. The Morgan fingerprint density at radius 3 is 2.32 bits per heavy atom. The molecule has 0 aromatic carbocycles. The molecular formula is C17H32BrN. The van der Waals surface area contributed by atoms with Gasteiger partial charge in [0.15, 0.2) is 0 Å². The van der Waals surface area contributed by atoms with Crippen LogP contribution in [0.1, 0.15) is 77.6 Å². The molecule has 2 fully saturated rings. The highest BCUT2D eigenvalue weighted by Crippen LogP contribution is 2.38. The van der Waals surface area contributed by atoms with E-state index in [0.29, 0.717) is 5.41 Å². The smallest absolute Gasteiger partial charge is 0.0100 e. The summed E-state index contributed by atoms with van der Waals surface area (Å²) in [4.78, 5) is 2.86. The lowest BCUT2D eigenvalue weighted by Gasteiger charge is -2.40. The second kappa shape index (κ2) is 8.02. The van der Waals surface area contributed by atoms with Gasteiger partial charge >= 0.3 is 0 Å². The van der Waals surface area contributed by atoms with Gasteiger partial charge in [0.05, 0.1) is 0 Å². The van der Waals surface area contributed by atoms with Crippen LogP contribution in [0.2, 0.25) is 0 Å². The minimum atomic E-state index is 0.578. The second-order valence-electron chi connectivity index (χ2n) is 6.93. The van der Waals surface area contributed by atoms with E-state index >= 15 is 0 Å². The molecule has 2 aliphatic rings. The zero-order valence-corrected chi connectivity index (χ0v) is 14.4. The van der Waals surface area contributed by atoms with Crippen LogP contribution in [0.25, 0.3) is 0 Å². The van der Waals surface area contributed by atoms with Crippen LogP contribution < -0.4 is 0 Å². The number of hydrogen-bond acceptors (Lipinski definition) is 1. The lowest BCUT2D eigenvalue weighted by atomic mass is 9.81. The predicted molar refractivity (Wildman–Crippen MR) is 88.0 cm³/mol. The molecule has 19 heavy (non-hydrogen) atoms. The van der Waals surface area contributed by atoms with Crippen molar-refractivity contribution in [1.29, 1.82) is 0 Å². The van der Waals surface area contributed by atoms with E-state index in [9.17, 15) is 0 Å². The molecule has 0 radical (unpaired) electrons. The highest BCUT2D eigenvalue weighted by atomic mass is 79.9. The van der Waals surface area contributed by atoms with Crippen LogP contribution in [0.4, 0.5) is 0 Å². The van der Waals surface area contributed by atoms with Crippen molar-refractivity contribution in [2.75, 3.05) is 18.4 Å². The van der Waals surface area contributed by atoms with Gasteiger partial charge in [-0.15, -0.1) is 0 Å². The predicted octanol–water partition coefficient (Wildman–Crippen LogP) is 5.38. The zero-order valence-electron chi connectivity index (χ0n) is 12.8. The average molecular weight is 330 g/mol. The number of nitrogens with zero attached hydrogens (tertiary/aromatic N) is 1. The Balaban J connectivity index is 2.01. The molecule has 2 heteroatoms. The summed E-state index contributed by atoms with van der Waals surface area (Å²) in [5.41, 5.74) is 0.578. The molecule has 1 aliphatic carbocycles. The lowest BCUT2D eigenvalue weighted by Crippen LogP contribution is -2.44. The van der Waals surface area contributed by atoms with Gasteiger partial charge in [0.2, 0.25) is 0 Å². The Morgan fingerprint density at radius 2 is 1.68 bits per heavy atom. The molecule has 0 aromatic heterocycles. The van der Waals surface area contributed by atoms with Crippen molar-refractivity contribution in [3.63, 3.8) is 0 Å². The fourth-order valence-corrected chi connectivity index (χ4v) is 4.89. The molecule has 0 bridgehead atoms. The molecule has 0 aromatic rings. The molecular weight excluding hydrogens is 298 g/mol. The fourth-order valence-electron chi connectivity index (χ4n) is 4.15. The molecule has 0 amide bonds. The molecule has 1 nitrogen and oxygen atoms in total. The lowest BCUT2D eigenvalue weighted by molar-refractivity contribution is 0.109. The fraction of sp³-hybridized carbons (Fsp3) is 1.00. The van der Waals surface area contributed by atoms with E-state index < -0.39 is 0 Å². The number of halogens is 1. The largest absolute Gasteiger partial charge is 0.300 e. The molecule has 2 rings (SSSR count). The first-order chi connectivity index (χ1) is 9.29. The minimum Gasteiger partial charge on any atom is -0.300 e. The first-order valence-corrected chi connectivity index (χ1v) is 9.72. The van der Waals surface area contributed by atoms with Gasteiger partial charge in [-0.2, -0.15) is 0 Å². The van der Waals surface area contributed by atoms with Gasteiger partial charge < -0.3 is 0 Å². The minimum absolute atomic E-state index is 0.578. The Labute approximate surface area is 128 Å². The molecule has 1 atom stereocenters. The second-order valence-corrected chi connectivity index (χ2v) is 7.49. The van der Waals surface area contributed by atoms with Crippen molar-refractivity contribution >= 4 is 15.9 Å². The quantitative estimate of drug-likeness (QED) is 0.494. The maximum atomic E-state index is 3.86. The average Bonchev–Trinajstić information content (AvgIpc) is 2.80. The van der Waals surface area contributed by atoms with Gasteiger partial charge in [0.25, 0.3) is 0 Å². The molecule has 1 heterocycles. The van der Waals surface area contributed by atoms with Crippen LogP contribution in [0.15, 0.2) is 0 Å². The maximum absolute atomic E-state index is 3.86. The van der Waals surface area contributed by atoms with Gasteiger partial charge in [0, 0.05) is 17.9 Å². The summed E-state index contributed by atoms with van der Waals surface area (Å²) in [7, 11) is 0. The van der Waals surface area contributed by atoms with E-state index in [1.54, 1.807) is 0 Å². The standard InChI is InChI=1S/C17H32BrN/c1-2-16-10-6-5-9-13-19(16)15-17(14-18)11-7-3-4-8-12-17/h16H,2-15H2,1H3. The van der Waals surface area contributed by atoms with Gasteiger partial charge in [-0.1, -0.05) is 61.4 Å². The Bertz CT molecular complexity index is 246. The van der Waals surface area contributed by atoms with Crippen LogP contribution in [-0.2, 0) is 0 Å². The first kappa shape index (κ1) is 15.8. The van der Waals surface area contributed by atoms with Crippen molar-refractivity contribution in [3.05, 3.63) is 0 Å². The number of hydrogen-bond donors (Lipinski definition) is 0. The zero-order chi connectivity index (χ0) is 13.6. The van der Waals surface area contributed by atoms with E-state index in [2.05, 4.69) is 27.8 Å². The van der Waals surface area contributed by atoms with Crippen molar-refractivity contribution in [3.8, 4) is 0 Å². The Morgan fingerprint density at radius 1 is 1.00 bits per heavy atom. The van der Waals surface area contributed by atoms with Gasteiger partial charge in [-0.3, -0.25) is 4.90 Å². The molecule has 1 aliphatic heterocycles. The third kappa shape index (κ3) is 4.46. The highest BCUT2D eigenvalue weighted by Gasteiger charge is 2.34. The summed E-state index contributed by atoms with van der Waals surface area (Å²) >= 11 is 3.86. The van der Waals surface area contributed by atoms with E-state index in [-0.39, 0.29) is 0 Å². The number of rotatable bonds is 4. The Kier molecular flexibility index (Phi) is 6.68. The van der Waals surface area contributed by atoms with Crippen molar-refractivity contribution in [2.45, 2.75) is 83.6 Å². The van der Waals surface area contributed by atoms with E-state index in [1.807, 2.05) is 0 Å². The maximum Gasteiger partial charge on any atom is 0.0100 e. The molecule has 1 saturated heterocycles. The third-order valence-electron chi connectivity index (χ3n) is 5.46.